The summed E-state index contributed by atoms with van der Waals surface area (Å²) in [5, 5.41) is 15.3. The van der Waals surface area contributed by atoms with Crippen LogP contribution in [-0.2, 0) is 0 Å². The second-order valence-corrected chi connectivity index (χ2v) is 7.22. The van der Waals surface area contributed by atoms with Gasteiger partial charge in [-0.3, -0.25) is 15.1 Å². The molecule has 0 saturated carbocycles. The number of non-ortho nitro benzene ring substituents is 1. The van der Waals surface area contributed by atoms with Gasteiger partial charge in [0.25, 0.3) is 5.69 Å². The van der Waals surface area contributed by atoms with Gasteiger partial charge in [0.2, 0.25) is 0 Å². The summed E-state index contributed by atoms with van der Waals surface area (Å²) < 4.78 is 11.8. The molecular weight excluding hydrogens is 394 g/mol. The molecule has 0 aliphatic carbocycles. The van der Waals surface area contributed by atoms with Crippen molar-refractivity contribution in [2.75, 3.05) is 20.2 Å². The monoisotopic (exact) mass is 413 g/mol. The van der Waals surface area contributed by atoms with Crippen molar-refractivity contribution in [1.29, 1.82) is 0 Å². The fraction of sp³-hybridized carbons (Fsp3) is 0.125. The minimum atomic E-state index is -0.397. The number of nitro benzene ring substituents is 1. The van der Waals surface area contributed by atoms with E-state index in [1.807, 2.05) is 48.5 Å². The number of hydrogen-bond donors (Lipinski definition) is 1. The molecule has 7 nitrogen and oxygen atoms in total. The third-order valence-corrected chi connectivity index (χ3v) is 5.31. The van der Waals surface area contributed by atoms with Crippen LogP contribution in [0.5, 0.6) is 5.75 Å². The summed E-state index contributed by atoms with van der Waals surface area (Å²) in [6.07, 6.45) is 0. The molecule has 0 unspecified atom stereocenters. The van der Waals surface area contributed by atoms with Crippen LogP contribution in [0.15, 0.2) is 76.1 Å². The molecule has 2 heterocycles. The second-order valence-electron chi connectivity index (χ2n) is 7.22. The summed E-state index contributed by atoms with van der Waals surface area (Å²) in [5.74, 6) is 2.14. The lowest BCUT2D eigenvalue weighted by Crippen LogP contribution is -2.20. The smallest absolute Gasteiger partial charge is 0.270 e. The van der Waals surface area contributed by atoms with E-state index in [9.17, 15) is 10.1 Å². The van der Waals surface area contributed by atoms with Gasteiger partial charge in [-0.25, -0.2) is 0 Å². The predicted molar refractivity (Wildman–Crippen MR) is 120 cm³/mol. The Labute approximate surface area is 178 Å². The molecule has 0 spiro atoms. The van der Waals surface area contributed by atoms with E-state index in [1.54, 1.807) is 19.2 Å². The molecule has 0 fully saturated rings. The summed E-state index contributed by atoms with van der Waals surface area (Å²) >= 11 is 0. The number of hydrogen-bond acceptors (Lipinski definition) is 6. The fourth-order valence-electron chi connectivity index (χ4n) is 3.85. The summed E-state index contributed by atoms with van der Waals surface area (Å²) in [5.41, 5.74) is 4.14. The highest BCUT2D eigenvalue weighted by Crippen LogP contribution is 2.38. The summed E-state index contributed by atoms with van der Waals surface area (Å²) in [6.45, 7) is 1.58. The molecule has 1 aliphatic heterocycles. The number of furan rings is 1. The normalized spacial score (nSPS) is 13.1. The molecule has 7 heteroatoms. The topological polar surface area (TPSA) is 89.9 Å². The average molecular weight is 413 g/mol. The van der Waals surface area contributed by atoms with Crippen LogP contribution in [0.25, 0.3) is 33.4 Å². The molecular formula is C24H19N3O4. The van der Waals surface area contributed by atoms with Crippen LogP contribution in [-0.4, -0.2) is 31.0 Å². The van der Waals surface area contributed by atoms with Gasteiger partial charge < -0.3 is 14.5 Å². The Morgan fingerprint density at radius 1 is 1.03 bits per heavy atom. The first-order valence-corrected chi connectivity index (χ1v) is 9.88. The van der Waals surface area contributed by atoms with Gasteiger partial charge >= 0.3 is 0 Å². The molecule has 1 N–H and O–H groups in total. The van der Waals surface area contributed by atoms with Gasteiger partial charge in [0.05, 0.1) is 18.6 Å². The predicted octanol–water partition coefficient (Wildman–Crippen LogP) is 5.03. The maximum Gasteiger partial charge on any atom is 0.270 e. The molecule has 0 amide bonds. The van der Waals surface area contributed by atoms with E-state index in [4.69, 9.17) is 9.15 Å². The molecule has 0 radical (unpaired) electrons. The standard InChI is InChI=1S/C24H19N3O4/c1-30-22-13-16(15-5-4-6-18(12-15)27(28)29)11-17-14-21(31-23(17)22)19-7-2-3-8-20(19)24-25-9-10-26-24/h2-8,11-14H,9-10H2,1H3,(H,25,26). The van der Waals surface area contributed by atoms with Crippen molar-refractivity contribution in [3.05, 3.63) is 82.4 Å². The van der Waals surface area contributed by atoms with Gasteiger partial charge in [0.1, 0.15) is 11.6 Å². The van der Waals surface area contributed by atoms with Gasteiger partial charge in [-0.2, -0.15) is 0 Å². The van der Waals surface area contributed by atoms with Crippen molar-refractivity contribution in [1.82, 2.24) is 5.32 Å². The number of rotatable bonds is 5. The molecule has 0 bridgehead atoms. The number of amidine groups is 1. The van der Waals surface area contributed by atoms with Gasteiger partial charge in [0.15, 0.2) is 11.3 Å². The first-order valence-electron chi connectivity index (χ1n) is 9.88. The van der Waals surface area contributed by atoms with E-state index >= 15 is 0 Å². The zero-order chi connectivity index (χ0) is 21.4. The molecule has 0 saturated heterocycles. The van der Waals surface area contributed by atoms with Gasteiger partial charge in [-0.15, -0.1) is 0 Å². The number of methoxy groups -OCH3 is 1. The SMILES string of the molecule is COc1cc(-c2cccc([N+](=O)[O-])c2)cc2cc(-c3ccccc3C3=NCCN3)oc12. The number of nitrogens with zero attached hydrogens (tertiary/aromatic N) is 2. The van der Waals surface area contributed by atoms with Crippen LogP contribution >= 0.6 is 0 Å². The molecule has 1 aliphatic rings. The van der Waals surface area contributed by atoms with E-state index in [0.717, 1.165) is 46.6 Å². The van der Waals surface area contributed by atoms with Crippen molar-refractivity contribution < 1.29 is 14.1 Å². The zero-order valence-corrected chi connectivity index (χ0v) is 16.8. The Hall–Kier alpha value is -4.13. The molecule has 31 heavy (non-hydrogen) atoms. The minimum absolute atomic E-state index is 0.0446. The molecule has 3 aromatic carbocycles. The number of fused-ring (bicyclic) bond motifs is 1. The Kier molecular flexibility index (Phi) is 4.63. The van der Waals surface area contributed by atoms with Crippen LogP contribution in [0.4, 0.5) is 5.69 Å². The van der Waals surface area contributed by atoms with E-state index in [2.05, 4.69) is 10.3 Å². The van der Waals surface area contributed by atoms with Gasteiger partial charge in [-0.1, -0.05) is 36.4 Å². The van der Waals surface area contributed by atoms with Crippen molar-refractivity contribution in [3.63, 3.8) is 0 Å². The first kappa shape index (κ1) is 18.9. The van der Waals surface area contributed by atoms with Crippen molar-refractivity contribution >= 4 is 22.5 Å². The molecule has 154 valence electrons. The van der Waals surface area contributed by atoms with Crippen LogP contribution in [0.1, 0.15) is 5.56 Å². The highest BCUT2D eigenvalue weighted by atomic mass is 16.6. The fourth-order valence-corrected chi connectivity index (χ4v) is 3.85. The zero-order valence-electron chi connectivity index (χ0n) is 16.8. The number of nitro groups is 1. The maximum absolute atomic E-state index is 11.2. The maximum atomic E-state index is 11.2. The summed E-state index contributed by atoms with van der Waals surface area (Å²) in [6, 6.07) is 20.3. The summed E-state index contributed by atoms with van der Waals surface area (Å²) in [7, 11) is 1.58. The molecule has 0 atom stereocenters. The van der Waals surface area contributed by atoms with Crippen molar-refractivity contribution in [2.24, 2.45) is 4.99 Å². The van der Waals surface area contributed by atoms with E-state index < -0.39 is 4.92 Å². The van der Waals surface area contributed by atoms with Crippen LogP contribution in [0.3, 0.4) is 0 Å². The Morgan fingerprint density at radius 3 is 2.61 bits per heavy atom. The number of aliphatic imine (C=N–C) groups is 1. The van der Waals surface area contributed by atoms with Gasteiger partial charge in [0, 0.05) is 35.2 Å². The van der Waals surface area contributed by atoms with E-state index in [0.29, 0.717) is 17.1 Å². The Bertz CT molecular complexity index is 1340. The van der Waals surface area contributed by atoms with E-state index in [1.165, 1.54) is 6.07 Å². The largest absolute Gasteiger partial charge is 0.493 e. The third kappa shape index (κ3) is 3.40. The lowest BCUT2D eigenvalue weighted by molar-refractivity contribution is -0.384. The van der Waals surface area contributed by atoms with Crippen LogP contribution < -0.4 is 10.1 Å². The minimum Gasteiger partial charge on any atom is -0.493 e. The first-order chi connectivity index (χ1) is 15.1. The van der Waals surface area contributed by atoms with Crippen LogP contribution in [0.2, 0.25) is 0 Å². The number of nitrogens with one attached hydrogen (secondary N) is 1. The van der Waals surface area contributed by atoms with E-state index in [-0.39, 0.29) is 5.69 Å². The Morgan fingerprint density at radius 2 is 1.87 bits per heavy atom. The molecule has 1 aromatic heterocycles. The lowest BCUT2D eigenvalue weighted by Gasteiger charge is -2.08. The summed E-state index contributed by atoms with van der Waals surface area (Å²) in [4.78, 5) is 15.3. The van der Waals surface area contributed by atoms with Crippen molar-refractivity contribution in [3.8, 4) is 28.2 Å². The second kappa shape index (κ2) is 7.60. The lowest BCUT2D eigenvalue weighted by atomic mass is 10.0. The number of ether oxygens (including phenoxy) is 1. The van der Waals surface area contributed by atoms with Crippen molar-refractivity contribution in [2.45, 2.75) is 0 Å². The van der Waals surface area contributed by atoms with Crippen LogP contribution in [0, 0.1) is 10.1 Å². The Balaban J connectivity index is 1.65. The average Bonchev–Trinajstić information content (AvgIpc) is 3.48. The highest BCUT2D eigenvalue weighted by molar-refractivity contribution is 6.05. The number of benzene rings is 3. The molecule has 4 aromatic rings. The quantitative estimate of drug-likeness (QED) is 0.366. The van der Waals surface area contributed by atoms with Gasteiger partial charge in [-0.05, 0) is 29.3 Å². The molecule has 5 rings (SSSR count). The third-order valence-electron chi connectivity index (χ3n) is 5.31. The highest BCUT2D eigenvalue weighted by Gasteiger charge is 2.19.